The van der Waals surface area contributed by atoms with Crippen LogP contribution in [0.2, 0.25) is 0 Å². The van der Waals surface area contributed by atoms with E-state index in [0.717, 1.165) is 32.5 Å². The van der Waals surface area contributed by atoms with E-state index < -0.39 is 0 Å². The molecule has 0 bridgehead atoms. The van der Waals surface area contributed by atoms with Crippen LogP contribution in [0.25, 0.3) is 0 Å². The van der Waals surface area contributed by atoms with E-state index in [1.165, 1.54) is 11.1 Å². The van der Waals surface area contributed by atoms with Crippen molar-refractivity contribution in [1.82, 2.24) is 0 Å². The molecule has 0 amide bonds. The summed E-state index contributed by atoms with van der Waals surface area (Å²) >= 11 is 0. The van der Waals surface area contributed by atoms with E-state index in [9.17, 15) is 0 Å². The molecule has 0 aliphatic carbocycles. The minimum absolute atomic E-state index is 0.829. The molecule has 16 heavy (non-hydrogen) atoms. The molecule has 0 fully saturated rings. The average Bonchev–Trinajstić information content (AvgIpc) is 2.37. The Hall–Kier alpha value is -1.15. The number of rotatable bonds is 6. The van der Waals surface area contributed by atoms with Gasteiger partial charge in [0.15, 0.2) is 0 Å². The lowest BCUT2D eigenvalue weighted by Crippen LogP contribution is -1.98. The van der Waals surface area contributed by atoms with E-state index in [0.29, 0.717) is 0 Å². The van der Waals surface area contributed by atoms with Crippen molar-refractivity contribution in [2.75, 3.05) is 13.2 Å². The monoisotopic (exact) mass is 222 g/mol. The van der Waals surface area contributed by atoms with Gasteiger partial charge in [0.2, 0.25) is 0 Å². The number of benzene rings is 1. The molecule has 1 aromatic rings. The number of carbonyl (C=O) groups excluding carboxylic acids is 1. The third kappa shape index (κ3) is 5.66. The van der Waals surface area contributed by atoms with Crippen LogP contribution in [-0.4, -0.2) is 20.0 Å². The summed E-state index contributed by atoms with van der Waals surface area (Å²) in [7, 11) is 0. The average molecular weight is 222 g/mol. The standard InChI is InChI=1S/C13H20O.CH2O/c1-3-12-8-5-6-9-13(12)10-7-11-14-4-2;1-2/h5-6,8-9H,3-4,7,10-11H2,1-2H3;1H2. The van der Waals surface area contributed by atoms with Crippen molar-refractivity contribution in [2.45, 2.75) is 33.1 Å². The fraction of sp³-hybridized carbons (Fsp3) is 0.500. The maximum atomic E-state index is 8.00. The third-order valence-corrected chi connectivity index (χ3v) is 2.44. The van der Waals surface area contributed by atoms with Crippen LogP contribution in [0.5, 0.6) is 0 Å². The smallest absolute Gasteiger partial charge is 0.106 e. The molecule has 1 aromatic carbocycles. The number of hydrogen-bond donors (Lipinski definition) is 0. The van der Waals surface area contributed by atoms with Gasteiger partial charge in [-0.25, -0.2) is 0 Å². The summed E-state index contributed by atoms with van der Waals surface area (Å²) in [6.07, 6.45) is 3.40. The Morgan fingerprint density at radius 3 is 2.31 bits per heavy atom. The van der Waals surface area contributed by atoms with E-state index in [1.54, 1.807) is 0 Å². The van der Waals surface area contributed by atoms with Crippen molar-refractivity contribution < 1.29 is 9.53 Å². The molecule has 0 heterocycles. The highest BCUT2D eigenvalue weighted by Gasteiger charge is 1.98. The number of carbonyl (C=O) groups is 1. The first-order valence-electron chi connectivity index (χ1n) is 5.81. The number of aryl methyl sites for hydroxylation is 2. The first-order valence-corrected chi connectivity index (χ1v) is 5.81. The molecule has 0 atom stereocenters. The Balaban J connectivity index is 0.00000106. The molecule has 0 N–H and O–H groups in total. The second-order valence-electron chi connectivity index (χ2n) is 3.42. The van der Waals surface area contributed by atoms with E-state index in [-0.39, 0.29) is 0 Å². The lowest BCUT2D eigenvalue weighted by Gasteiger charge is -2.07. The SMILES string of the molecule is C=O.CCOCCCc1ccccc1CC. The van der Waals surface area contributed by atoms with Gasteiger partial charge >= 0.3 is 0 Å². The van der Waals surface area contributed by atoms with Crippen LogP contribution in [-0.2, 0) is 22.4 Å². The minimum atomic E-state index is 0.829. The van der Waals surface area contributed by atoms with Crippen molar-refractivity contribution in [2.24, 2.45) is 0 Å². The molecule has 0 radical (unpaired) electrons. The van der Waals surface area contributed by atoms with E-state index in [1.807, 2.05) is 13.7 Å². The quantitative estimate of drug-likeness (QED) is 0.691. The van der Waals surface area contributed by atoms with Crippen LogP contribution in [0, 0.1) is 0 Å². The van der Waals surface area contributed by atoms with Gasteiger partial charge in [-0.1, -0.05) is 31.2 Å². The molecule has 0 saturated carbocycles. The summed E-state index contributed by atoms with van der Waals surface area (Å²) < 4.78 is 5.33. The number of hydrogen-bond acceptors (Lipinski definition) is 2. The van der Waals surface area contributed by atoms with Gasteiger partial charge in [-0.3, -0.25) is 0 Å². The summed E-state index contributed by atoms with van der Waals surface area (Å²) in [4.78, 5) is 8.00. The largest absolute Gasteiger partial charge is 0.382 e. The molecule has 0 aliphatic heterocycles. The zero-order valence-corrected chi connectivity index (χ0v) is 10.4. The van der Waals surface area contributed by atoms with Crippen molar-refractivity contribution in [1.29, 1.82) is 0 Å². The van der Waals surface area contributed by atoms with Gasteiger partial charge in [0.25, 0.3) is 0 Å². The van der Waals surface area contributed by atoms with Crippen LogP contribution in [0.1, 0.15) is 31.4 Å². The van der Waals surface area contributed by atoms with Crippen LogP contribution < -0.4 is 0 Å². The van der Waals surface area contributed by atoms with Crippen molar-refractivity contribution in [3.05, 3.63) is 35.4 Å². The topological polar surface area (TPSA) is 26.3 Å². The maximum Gasteiger partial charge on any atom is 0.106 e. The maximum absolute atomic E-state index is 8.00. The Morgan fingerprint density at radius 2 is 1.75 bits per heavy atom. The van der Waals surface area contributed by atoms with E-state index >= 15 is 0 Å². The number of ether oxygens (including phenoxy) is 1. The minimum Gasteiger partial charge on any atom is -0.382 e. The van der Waals surface area contributed by atoms with Gasteiger partial charge in [0.05, 0.1) is 0 Å². The van der Waals surface area contributed by atoms with Crippen LogP contribution in [0.3, 0.4) is 0 Å². The lowest BCUT2D eigenvalue weighted by atomic mass is 10.0. The first kappa shape index (κ1) is 14.8. The molecular formula is C14H22O2. The molecule has 2 heteroatoms. The van der Waals surface area contributed by atoms with Crippen molar-refractivity contribution in [3.63, 3.8) is 0 Å². The van der Waals surface area contributed by atoms with Gasteiger partial charge < -0.3 is 9.53 Å². The Morgan fingerprint density at radius 1 is 1.12 bits per heavy atom. The Labute approximate surface area is 98.6 Å². The van der Waals surface area contributed by atoms with E-state index in [4.69, 9.17) is 9.53 Å². The molecular weight excluding hydrogens is 200 g/mol. The van der Waals surface area contributed by atoms with Crippen molar-refractivity contribution >= 4 is 6.79 Å². The summed E-state index contributed by atoms with van der Waals surface area (Å²) in [5.41, 5.74) is 2.96. The lowest BCUT2D eigenvalue weighted by molar-refractivity contribution is -0.0979. The highest BCUT2D eigenvalue weighted by atomic mass is 16.5. The summed E-state index contributed by atoms with van der Waals surface area (Å²) in [5, 5.41) is 0. The van der Waals surface area contributed by atoms with Crippen LogP contribution in [0.15, 0.2) is 24.3 Å². The molecule has 0 unspecified atom stereocenters. The van der Waals surface area contributed by atoms with Gasteiger partial charge in [-0.05, 0) is 37.3 Å². The normalized spacial score (nSPS) is 9.38. The van der Waals surface area contributed by atoms with Crippen LogP contribution in [0.4, 0.5) is 0 Å². The Kier molecular flexibility index (Phi) is 9.63. The summed E-state index contributed by atoms with van der Waals surface area (Å²) in [5.74, 6) is 0. The fourth-order valence-electron chi connectivity index (χ4n) is 1.66. The molecule has 0 spiro atoms. The molecule has 0 aliphatic rings. The van der Waals surface area contributed by atoms with Crippen LogP contribution >= 0.6 is 0 Å². The van der Waals surface area contributed by atoms with Gasteiger partial charge in [-0.2, -0.15) is 0 Å². The molecule has 1 rings (SSSR count). The molecule has 0 saturated heterocycles. The fourth-order valence-corrected chi connectivity index (χ4v) is 1.66. The molecule has 90 valence electrons. The molecule has 0 aromatic heterocycles. The van der Waals surface area contributed by atoms with Gasteiger partial charge in [0, 0.05) is 13.2 Å². The summed E-state index contributed by atoms with van der Waals surface area (Å²) in [6.45, 7) is 7.96. The second kappa shape index (κ2) is 10.4. The highest BCUT2D eigenvalue weighted by molar-refractivity contribution is 5.26. The van der Waals surface area contributed by atoms with Crippen molar-refractivity contribution in [3.8, 4) is 0 Å². The zero-order chi connectivity index (χ0) is 12.2. The third-order valence-electron chi connectivity index (χ3n) is 2.44. The predicted molar refractivity (Wildman–Crippen MR) is 67.8 cm³/mol. The van der Waals surface area contributed by atoms with Gasteiger partial charge in [0.1, 0.15) is 6.79 Å². The van der Waals surface area contributed by atoms with E-state index in [2.05, 4.69) is 31.2 Å². The molecule has 2 nitrogen and oxygen atoms in total. The highest BCUT2D eigenvalue weighted by Crippen LogP contribution is 2.11. The second-order valence-corrected chi connectivity index (χ2v) is 3.42. The predicted octanol–water partition coefficient (Wildman–Crippen LogP) is 3.03. The first-order chi connectivity index (χ1) is 7.88. The summed E-state index contributed by atoms with van der Waals surface area (Å²) in [6, 6.07) is 8.68. The van der Waals surface area contributed by atoms with Gasteiger partial charge in [-0.15, -0.1) is 0 Å². The Bertz CT molecular complexity index is 271. The zero-order valence-electron chi connectivity index (χ0n) is 10.4.